The van der Waals surface area contributed by atoms with E-state index in [1.807, 2.05) is 60.9 Å². The standard InChI is InChI=1S/C18H14N2/c1-2-14-8-10-15(11-9-14)17-12-19-18(20-13-17)16-6-4-3-5-7-16/h2-13H,1H2. The summed E-state index contributed by atoms with van der Waals surface area (Å²) in [5.74, 6) is 0.747. The number of hydrogen-bond acceptors (Lipinski definition) is 2. The van der Waals surface area contributed by atoms with E-state index in [0.717, 1.165) is 28.1 Å². The fraction of sp³-hybridized carbons (Fsp3) is 0. The topological polar surface area (TPSA) is 25.8 Å². The van der Waals surface area contributed by atoms with E-state index in [2.05, 4.69) is 28.7 Å². The van der Waals surface area contributed by atoms with E-state index < -0.39 is 0 Å². The number of nitrogens with zero attached hydrogens (tertiary/aromatic N) is 2. The Morgan fingerprint density at radius 2 is 1.35 bits per heavy atom. The average molecular weight is 258 g/mol. The number of hydrogen-bond donors (Lipinski definition) is 0. The lowest BCUT2D eigenvalue weighted by atomic mass is 10.1. The highest BCUT2D eigenvalue weighted by Gasteiger charge is 2.02. The van der Waals surface area contributed by atoms with Gasteiger partial charge in [-0.2, -0.15) is 0 Å². The predicted octanol–water partition coefficient (Wildman–Crippen LogP) is 4.45. The molecular weight excluding hydrogens is 244 g/mol. The molecule has 0 fully saturated rings. The number of benzene rings is 2. The molecule has 2 nitrogen and oxygen atoms in total. The van der Waals surface area contributed by atoms with E-state index in [1.54, 1.807) is 0 Å². The third-order valence-corrected chi connectivity index (χ3v) is 3.16. The fourth-order valence-corrected chi connectivity index (χ4v) is 2.03. The lowest BCUT2D eigenvalue weighted by Gasteiger charge is -2.03. The van der Waals surface area contributed by atoms with E-state index in [1.165, 1.54) is 0 Å². The van der Waals surface area contributed by atoms with Crippen molar-refractivity contribution < 1.29 is 0 Å². The van der Waals surface area contributed by atoms with E-state index in [-0.39, 0.29) is 0 Å². The van der Waals surface area contributed by atoms with Crippen LogP contribution < -0.4 is 0 Å². The molecule has 0 N–H and O–H groups in total. The van der Waals surface area contributed by atoms with Crippen molar-refractivity contribution in [1.29, 1.82) is 0 Å². The lowest BCUT2D eigenvalue weighted by Crippen LogP contribution is -1.89. The predicted molar refractivity (Wildman–Crippen MR) is 83.0 cm³/mol. The Morgan fingerprint density at radius 3 is 1.95 bits per heavy atom. The highest BCUT2D eigenvalue weighted by molar-refractivity contribution is 5.65. The van der Waals surface area contributed by atoms with Crippen molar-refractivity contribution in [3.05, 3.63) is 79.1 Å². The molecule has 96 valence electrons. The van der Waals surface area contributed by atoms with Gasteiger partial charge in [-0.1, -0.05) is 67.3 Å². The fourth-order valence-electron chi connectivity index (χ4n) is 2.03. The lowest BCUT2D eigenvalue weighted by molar-refractivity contribution is 1.18. The van der Waals surface area contributed by atoms with Gasteiger partial charge < -0.3 is 0 Å². The highest BCUT2D eigenvalue weighted by atomic mass is 14.9. The largest absolute Gasteiger partial charge is 0.236 e. The van der Waals surface area contributed by atoms with Gasteiger partial charge in [0.25, 0.3) is 0 Å². The summed E-state index contributed by atoms with van der Waals surface area (Å²) in [7, 11) is 0. The molecule has 3 aromatic rings. The maximum atomic E-state index is 4.44. The summed E-state index contributed by atoms with van der Waals surface area (Å²) in [5, 5.41) is 0. The van der Waals surface area contributed by atoms with Crippen LogP contribution in [0.15, 0.2) is 73.6 Å². The van der Waals surface area contributed by atoms with Crippen LogP contribution in [0.4, 0.5) is 0 Å². The van der Waals surface area contributed by atoms with Crippen molar-refractivity contribution in [2.45, 2.75) is 0 Å². The minimum atomic E-state index is 0.747. The molecule has 0 radical (unpaired) electrons. The zero-order valence-electron chi connectivity index (χ0n) is 11.0. The normalized spacial score (nSPS) is 10.2. The monoisotopic (exact) mass is 258 g/mol. The van der Waals surface area contributed by atoms with Crippen LogP contribution >= 0.6 is 0 Å². The Bertz CT molecular complexity index is 699. The second kappa shape index (κ2) is 5.49. The van der Waals surface area contributed by atoms with Gasteiger partial charge in [0.15, 0.2) is 5.82 Å². The minimum absolute atomic E-state index is 0.747. The Hall–Kier alpha value is -2.74. The summed E-state index contributed by atoms with van der Waals surface area (Å²) in [6.07, 6.45) is 5.55. The van der Waals surface area contributed by atoms with Crippen LogP contribution in [0.3, 0.4) is 0 Å². The van der Waals surface area contributed by atoms with Crippen molar-refractivity contribution in [1.82, 2.24) is 9.97 Å². The summed E-state index contributed by atoms with van der Waals surface area (Å²) < 4.78 is 0. The quantitative estimate of drug-likeness (QED) is 0.693. The first-order valence-corrected chi connectivity index (χ1v) is 6.47. The Morgan fingerprint density at radius 1 is 0.700 bits per heavy atom. The van der Waals surface area contributed by atoms with Gasteiger partial charge in [-0.15, -0.1) is 0 Å². The van der Waals surface area contributed by atoms with Gasteiger partial charge in [0, 0.05) is 23.5 Å². The van der Waals surface area contributed by atoms with Crippen LogP contribution in [0.1, 0.15) is 5.56 Å². The minimum Gasteiger partial charge on any atom is -0.236 e. The summed E-state index contributed by atoms with van der Waals surface area (Å²) in [6, 6.07) is 18.2. The van der Waals surface area contributed by atoms with E-state index in [4.69, 9.17) is 0 Å². The first kappa shape index (κ1) is 12.3. The molecule has 2 heteroatoms. The van der Waals surface area contributed by atoms with E-state index >= 15 is 0 Å². The second-order valence-electron chi connectivity index (χ2n) is 4.49. The zero-order valence-corrected chi connectivity index (χ0v) is 11.0. The van der Waals surface area contributed by atoms with Crippen molar-refractivity contribution >= 4 is 6.08 Å². The molecule has 0 atom stereocenters. The summed E-state index contributed by atoms with van der Waals surface area (Å²) in [6.45, 7) is 3.75. The molecular formula is C18H14N2. The first-order chi connectivity index (χ1) is 9.86. The number of rotatable bonds is 3. The SMILES string of the molecule is C=Cc1ccc(-c2cnc(-c3ccccc3)nc2)cc1. The van der Waals surface area contributed by atoms with Gasteiger partial charge >= 0.3 is 0 Å². The van der Waals surface area contributed by atoms with Crippen molar-refractivity contribution in [2.24, 2.45) is 0 Å². The maximum Gasteiger partial charge on any atom is 0.159 e. The smallest absolute Gasteiger partial charge is 0.159 e. The average Bonchev–Trinajstić information content (AvgIpc) is 2.56. The molecule has 1 heterocycles. The van der Waals surface area contributed by atoms with Crippen LogP contribution in [-0.2, 0) is 0 Å². The third-order valence-electron chi connectivity index (χ3n) is 3.16. The van der Waals surface area contributed by atoms with Crippen molar-refractivity contribution in [2.75, 3.05) is 0 Å². The molecule has 1 aromatic heterocycles. The summed E-state index contributed by atoms with van der Waals surface area (Å²) in [5.41, 5.74) is 4.26. The molecule has 0 spiro atoms. The maximum absolute atomic E-state index is 4.44. The molecule has 0 aliphatic carbocycles. The van der Waals surface area contributed by atoms with Crippen LogP contribution in [0, 0.1) is 0 Å². The van der Waals surface area contributed by atoms with Gasteiger partial charge in [0.05, 0.1) is 0 Å². The summed E-state index contributed by atoms with van der Waals surface area (Å²) >= 11 is 0. The molecule has 3 rings (SSSR count). The molecule has 0 amide bonds. The van der Waals surface area contributed by atoms with Crippen molar-refractivity contribution in [3.8, 4) is 22.5 Å². The Balaban J connectivity index is 1.91. The third kappa shape index (κ3) is 2.50. The van der Waals surface area contributed by atoms with Crippen LogP contribution in [0.5, 0.6) is 0 Å². The molecule has 0 bridgehead atoms. The van der Waals surface area contributed by atoms with Crippen LogP contribution in [0.2, 0.25) is 0 Å². The molecule has 0 aliphatic rings. The molecule has 0 aliphatic heterocycles. The Labute approximate surface area is 118 Å². The van der Waals surface area contributed by atoms with Gasteiger partial charge in [0.2, 0.25) is 0 Å². The van der Waals surface area contributed by atoms with E-state index in [9.17, 15) is 0 Å². The molecule has 0 saturated heterocycles. The summed E-state index contributed by atoms with van der Waals surface area (Å²) in [4.78, 5) is 8.87. The van der Waals surface area contributed by atoms with Crippen LogP contribution in [0.25, 0.3) is 28.6 Å². The molecule has 0 unspecified atom stereocenters. The highest BCUT2D eigenvalue weighted by Crippen LogP contribution is 2.20. The molecule has 0 saturated carbocycles. The first-order valence-electron chi connectivity index (χ1n) is 6.47. The van der Waals surface area contributed by atoms with Gasteiger partial charge in [-0.05, 0) is 11.1 Å². The van der Waals surface area contributed by atoms with Crippen LogP contribution in [-0.4, -0.2) is 9.97 Å². The van der Waals surface area contributed by atoms with Crippen molar-refractivity contribution in [3.63, 3.8) is 0 Å². The Kier molecular flexibility index (Phi) is 3.38. The number of aromatic nitrogens is 2. The van der Waals surface area contributed by atoms with Gasteiger partial charge in [-0.25, -0.2) is 9.97 Å². The van der Waals surface area contributed by atoms with Gasteiger partial charge in [0.1, 0.15) is 0 Å². The molecule has 2 aromatic carbocycles. The van der Waals surface area contributed by atoms with E-state index in [0.29, 0.717) is 0 Å². The second-order valence-corrected chi connectivity index (χ2v) is 4.49. The zero-order chi connectivity index (χ0) is 13.8. The molecule has 20 heavy (non-hydrogen) atoms. The van der Waals surface area contributed by atoms with Gasteiger partial charge in [-0.3, -0.25) is 0 Å².